The minimum Gasteiger partial charge on any atom is -0.490 e. The molecule has 2 aliphatic rings. The largest absolute Gasteiger partial charge is 0.490 e. The van der Waals surface area contributed by atoms with Crippen LogP contribution in [0.15, 0.2) is 18.2 Å². The lowest BCUT2D eigenvalue weighted by atomic mass is 9.77. The summed E-state index contributed by atoms with van der Waals surface area (Å²) >= 11 is 6.04. The molecule has 1 aromatic rings. The van der Waals surface area contributed by atoms with E-state index in [0.29, 0.717) is 5.92 Å². The van der Waals surface area contributed by atoms with Gasteiger partial charge in [-0.1, -0.05) is 31.4 Å². The van der Waals surface area contributed by atoms with Gasteiger partial charge in [-0.05, 0) is 42.9 Å². The number of hydrogen-bond acceptors (Lipinski definition) is 2. The predicted octanol–water partition coefficient (Wildman–Crippen LogP) is 4.32. The molecule has 3 rings (SSSR count). The number of rotatable bonds is 1. The maximum atomic E-state index is 6.31. The highest BCUT2D eigenvalue weighted by molar-refractivity contribution is 6.30. The maximum Gasteiger partial charge on any atom is 0.124 e. The summed E-state index contributed by atoms with van der Waals surface area (Å²) in [4.78, 5) is 0. The number of ether oxygens (including phenoxy) is 1. The Morgan fingerprint density at radius 3 is 2.89 bits per heavy atom. The fraction of sp³-hybridized carbons (Fsp3) is 0.625. The van der Waals surface area contributed by atoms with Gasteiger partial charge < -0.3 is 10.5 Å². The second-order valence-corrected chi connectivity index (χ2v) is 6.65. The van der Waals surface area contributed by atoms with E-state index in [0.717, 1.165) is 28.7 Å². The Labute approximate surface area is 120 Å². The zero-order chi connectivity index (χ0) is 13.4. The molecule has 0 amide bonds. The third kappa shape index (κ3) is 2.75. The van der Waals surface area contributed by atoms with Crippen molar-refractivity contribution in [3.05, 3.63) is 28.8 Å². The Morgan fingerprint density at radius 2 is 2.11 bits per heavy atom. The normalized spacial score (nSPS) is 34.5. The minimum atomic E-state index is 0.0599. The second-order valence-electron chi connectivity index (χ2n) is 6.21. The van der Waals surface area contributed by atoms with Crippen molar-refractivity contribution in [1.29, 1.82) is 0 Å². The molecule has 1 aromatic carbocycles. The third-order valence-corrected chi connectivity index (χ3v) is 4.87. The molecule has 1 fully saturated rings. The van der Waals surface area contributed by atoms with Crippen LogP contribution in [0.1, 0.15) is 50.6 Å². The highest BCUT2D eigenvalue weighted by Gasteiger charge is 2.33. The molecule has 1 aliphatic carbocycles. The molecule has 0 saturated heterocycles. The van der Waals surface area contributed by atoms with Gasteiger partial charge in [0, 0.05) is 23.0 Å². The van der Waals surface area contributed by atoms with Gasteiger partial charge in [-0.3, -0.25) is 0 Å². The van der Waals surface area contributed by atoms with Gasteiger partial charge in [-0.25, -0.2) is 0 Å². The lowest BCUT2D eigenvalue weighted by Gasteiger charge is -2.38. The first-order chi connectivity index (χ1) is 9.13. The average Bonchev–Trinajstić information content (AvgIpc) is 2.39. The molecule has 3 heteroatoms. The van der Waals surface area contributed by atoms with E-state index >= 15 is 0 Å². The highest BCUT2D eigenvalue weighted by Crippen LogP contribution is 2.41. The summed E-state index contributed by atoms with van der Waals surface area (Å²) in [7, 11) is 0. The van der Waals surface area contributed by atoms with Crippen molar-refractivity contribution >= 4 is 11.6 Å². The minimum absolute atomic E-state index is 0.0599. The van der Waals surface area contributed by atoms with E-state index in [-0.39, 0.29) is 12.1 Å². The van der Waals surface area contributed by atoms with Gasteiger partial charge in [0.1, 0.15) is 11.9 Å². The van der Waals surface area contributed by atoms with E-state index in [1.54, 1.807) is 0 Å². The van der Waals surface area contributed by atoms with Crippen LogP contribution in [0.2, 0.25) is 5.02 Å². The van der Waals surface area contributed by atoms with Crippen molar-refractivity contribution in [2.75, 3.05) is 0 Å². The fourth-order valence-electron chi connectivity index (χ4n) is 3.61. The first-order valence-electron chi connectivity index (χ1n) is 7.35. The summed E-state index contributed by atoms with van der Waals surface area (Å²) < 4.78 is 6.21. The Hall–Kier alpha value is -0.730. The van der Waals surface area contributed by atoms with Crippen LogP contribution < -0.4 is 10.5 Å². The van der Waals surface area contributed by atoms with Gasteiger partial charge in [0.05, 0.1) is 0 Å². The summed E-state index contributed by atoms with van der Waals surface area (Å²) in [5, 5.41) is 0.738. The molecule has 2 nitrogen and oxygen atoms in total. The topological polar surface area (TPSA) is 35.2 Å². The quantitative estimate of drug-likeness (QED) is 0.831. The van der Waals surface area contributed by atoms with Gasteiger partial charge >= 0.3 is 0 Å². The number of nitrogens with two attached hydrogens (primary N) is 1. The van der Waals surface area contributed by atoms with Gasteiger partial charge in [0.25, 0.3) is 0 Å². The number of fused-ring (bicyclic) bond motifs is 1. The molecule has 0 bridgehead atoms. The Kier molecular flexibility index (Phi) is 3.72. The number of hydrogen-bond donors (Lipinski definition) is 1. The second kappa shape index (κ2) is 5.34. The number of benzene rings is 1. The van der Waals surface area contributed by atoms with Crippen LogP contribution in [-0.2, 0) is 0 Å². The molecular formula is C16H22ClNO. The van der Waals surface area contributed by atoms with Gasteiger partial charge in [0.2, 0.25) is 0 Å². The van der Waals surface area contributed by atoms with Crippen molar-refractivity contribution in [2.45, 2.75) is 51.2 Å². The summed E-state index contributed by atoms with van der Waals surface area (Å²) in [6.45, 7) is 2.35. The van der Waals surface area contributed by atoms with Crippen LogP contribution in [0.4, 0.5) is 0 Å². The summed E-state index contributed by atoms with van der Waals surface area (Å²) in [6.07, 6.45) is 6.46. The highest BCUT2D eigenvalue weighted by atomic mass is 35.5. The monoisotopic (exact) mass is 279 g/mol. The average molecular weight is 280 g/mol. The van der Waals surface area contributed by atoms with E-state index in [4.69, 9.17) is 22.1 Å². The fourth-order valence-corrected chi connectivity index (χ4v) is 3.79. The third-order valence-electron chi connectivity index (χ3n) is 4.64. The zero-order valence-corrected chi connectivity index (χ0v) is 12.2. The van der Waals surface area contributed by atoms with Crippen molar-refractivity contribution in [3.63, 3.8) is 0 Å². The Balaban J connectivity index is 1.79. The van der Waals surface area contributed by atoms with Gasteiger partial charge in [0.15, 0.2) is 0 Å². The van der Waals surface area contributed by atoms with Crippen molar-refractivity contribution in [3.8, 4) is 5.75 Å². The van der Waals surface area contributed by atoms with Gasteiger partial charge in [-0.15, -0.1) is 0 Å². The van der Waals surface area contributed by atoms with Crippen LogP contribution in [-0.4, -0.2) is 6.10 Å². The molecule has 4 atom stereocenters. The molecule has 0 spiro atoms. The van der Waals surface area contributed by atoms with Crippen LogP contribution in [0.25, 0.3) is 0 Å². The molecule has 1 heterocycles. The first-order valence-corrected chi connectivity index (χ1v) is 7.73. The molecule has 19 heavy (non-hydrogen) atoms. The molecule has 1 saturated carbocycles. The van der Waals surface area contributed by atoms with E-state index < -0.39 is 0 Å². The standard InChI is InChI=1S/C16H22ClNO/c1-10-3-2-4-11(7-10)16-9-14(18)13-8-12(17)5-6-15(13)19-16/h5-6,8,10-11,14,16H,2-4,7,9,18H2,1H3. The number of halogens is 1. The molecule has 2 N–H and O–H groups in total. The predicted molar refractivity (Wildman–Crippen MR) is 78.5 cm³/mol. The maximum absolute atomic E-state index is 6.31. The molecule has 1 aliphatic heterocycles. The van der Waals surface area contributed by atoms with Crippen molar-refractivity contribution in [2.24, 2.45) is 17.6 Å². The molecule has 0 aromatic heterocycles. The van der Waals surface area contributed by atoms with Crippen molar-refractivity contribution < 1.29 is 4.74 Å². The molecular weight excluding hydrogens is 258 g/mol. The van der Waals surface area contributed by atoms with Crippen LogP contribution in [0.3, 0.4) is 0 Å². The summed E-state index contributed by atoms with van der Waals surface area (Å²) in [5.74, 6) is 2.43. The van der Waals surface area contributed by atoms with E-state index in [9.17, 15) is 0 Å². The van der Waals surface area contributed by atoms with E-state index in [1.165, 1.54) is 25.7 Å². The van der Waals surface area contributed by atoms with Crippen LogP contribution in [0.5, 0.6) is 5.75 Å². The molecule has 104 valence electrons. The zero-order valence-electron chi connectivity index (χ0n) is 11.4. The van der Waals surface area contributed by atoms with E-state index in [1.807, 2.05) is 18.2 Å². The van der Waals surface area contributed by atoms with Crippen LogP contribution in [0, 0.1) is 11.8 Å². The van der Waals surface area contributed by atoms with Crippen molar-refractivity contribution in [1.82, 2.24) is 0 Å². The van der Waals surface area contributed by atoms with E-state index in [2.05, 4.69) is 6.92 Å². The Bertz CT molecular complexity index is 462. The van der Waals surface area contributed by atoms with Crippen LogP contribution >= 0.6 is 11.6 Å². The molecule has 0 radical (unpaired) electrons. The molecule has 4 unspecified atom stereocenters. The SMILES string of the molecule is CC1CCCC(C2CC(N)c3cc(Cl)ccc3O2)C1. The Morgan fingerprint density at radius 1 is 1.26 bits per heavy atom. The lowest BCUT2D eigenvalue weighted by molar-refractivity contribution is 0.0666. The summed E-state index contributed by atoms with van der Waals surface area (Å²) in [5.41, 5.74) is 7.37. The van der Waals surface area contributed by atoms with Gasteiger partial charge in [-0.2, -0.15) is 0 Å². The lowest BCUT2D eigenvalue weighted by Crippen LogP contribution is -2.37. The smallest absolute Gasteiger partial charge is 0.124 e. The first kappa shape index (κ1) is 13.3. The summed E-state index contributed by atoms with van der Waals surface area (Å²) in [6, 6.07) is 5.86.